The molecule has 2 heterocycles. The highest BCUT2D eigenvalue weighted by molar-refractivity contribution is 6.05. The molecule has 5 aromatic rings. The van der Waals surface area contributed by atoms with Crippen molar-refractivity contribution in [2.45, 2.75) is 13.1 Å². The molecule has 5 nitrogen and oxygen atoms in total. The van der Waals surface area contributed by atoms with Crippen molar-refractivity contribution in [2.75, 3.05) is 7.11 Å². The Hall–Kier alpha value is -3.93. The molecule has 0 aliphatic rings. The third-order valence-electron chi connectivity index (χ3n) is 5.51. The maximum atomic E-state index is 14.0. The molecule has 0 aliphatic heterocycles. The van der Waals surface area contributed by atoms with Crippen LogP contribution in [0.2, 0.25) is 0 Å². The lowest BCUT2D eigenvalue weighted by Crippen LogP contribution is -2.23. The molecule has 31 heavy (non-hydrogen) atoms. The lowest BCUT2D eigenvalue weighted by Gasteiger charge is -2.11. The fourth-order valence-corrected chi connectivity index (χ4v) is 4.03. The lowest BCUT2D eigenvalue weighted by molar-refractivity contribution is 0.408. The summed E-state index contributed by atoms with van der Waals surface area (Å²) in [6.45, 7) is 0.815. The number of para-hydroxylation sites is 1. The Bertz CT molecular complexity index is 1450. The van der Waals surface area contributed by atoms with Crippen molar-refractivity contribution in [3.63, 3.8) is 0 Å². The molecule has 0 saturated carbocycles. The van der Waals surface area contributed by atoms with Crippen molar-refractivity contribution in [3.05, 3.63) is 106 Å². The van der Waals surface area contributed by atoms with Crippen molar-refractivity contribution in [3.8, 4) is 5.75 Å². The van der Waals surface area contributed by atoms with E-state index in [9.17, 15) is 9.18 Å². The Morgan fingerprint density at radius 3 is 2.55 bits per heavy atom. The van der Waals surface area contributed by atoms with Gasteiger partial charge in [0.2, 0.25) is 0 Å². The van der Waals surface area contributed by atoms with E-state index in [1.807, 2.05) is 59.2 Å². The van der Waals surface area contributed by atoms with Crippen molar-refractivity contribution in [2.24, 2.45) is 0 Å². The number of hydrogen-bond donors (Lipinski definition) is 0. The summed E-state index contributed by atoms with van der Waals surface area (Å²) in [6.07, 6.45) is 1.52. The first kappa shape index (κ1) is 19.1. The molecule has 0 saturated heterocycles. The summed E-state index contributed by atoms with van der Waals surface area (Å²) < 4.78 is 22.9. The van der Waals surface area contributed by atoms with E-state index in [2.05, 4.69) is 4.98 Å². The van der Waals surface area contributed by atoms with Gasteiger partial charge in [0.25, 0.3) is 5.56 Å². The summed E-state index contributed by atoms with van der Waals surface area (Å²) in [6, 6.07) is 22.0. The van der Waals surface area contributed by atoms with Crippen LogP contribution in [0.5, 0.6) is 5.75 Å². The number of ether oxygens (including phenoxy) is 1. The van der Waals surface area contributed by atoms with Gasteiger partial charge < -0.3 is 9.30 Å². The molecule has 0 bridgehead atoms. The van der Waals surface area contributed by atoms with Crippen LogP contribution in [0.15, 0.2) is 83.9 Å². The normalized spacial score (nSPS) is 11.3. The van der Waals surface area contributed by atoms with Crippen molar-refractivity contribution in [1.29, 1.82) is 0 Å². The Labute approximate surface area is 178 Å². The van der Waals surface area contributed by atoms with Crippen LogP contribution < -0.4 is 10.3 Å². The maximum Gasteiger partial charge on any atom is 0.278 e. The summed E-state index contributed by atoms with van der Waals surface area (Å²) in [4.78, 5) is 18.1. The molecule has 0 unspecified atom stereocenters. The number of nitrogens with zero attached hydrogens (tertiary/aromatic N) is 3. The van der Waals surface area contributed by atoms with Gasteiger partial charge in [0.1, 0.15) is 22.6 Å². The molecule has 6 heteroatoms. The minimum absolute atomic E-state index is 0.177. The summed E-state index contributed by atoms with van der Waals surface area (Å²) in [5.74, 6) is 0.354. The maximum absolute atomic E-state index is 14.0. The van der Waals surface area contributed by atoms with E-state index in [1.165, 1.54) is 18.5 Å². The molecule has 0 spiro atoms. The highest BCUT2D eigenvalue weighted by Crippen LogP contribution is 2.27. The zero-order valence-electron chi connectivity index (χ0n) is 17.0. The molecular formula is C25H20FN3O2. The molecule has 0 amide bonds. The number of benzene rings is 3. The van der Waals surface area contributed by atoms with Gasteiger partial charge in [-0.3, -0.25) is 9.36 Å². The minimum atomic E-state index is -0.355. The predicted octanol–water partition coefficient (Wildman–Crippen LogP) is 4.60. The number of halogens is 1. The Balaban J connectivity index is 1.73. The van der Waals surface area contributed by atoms with Crippen molar-refractivity contribution in [1.82, 2.24) is 14.1 Å². The van der Waals surface area contributed by atoms with Crippen LogP contribution in [0.3, 0.4) is 0 Å². The number of rotatable bonds is 5. The molecule has 154 valence electrons. The van der Waals surface area contributed by atoms with E-state index in [0.29, 0.717) is 35.3 Å². The molecule has 0 fully saturated rings. The molecule has 0 N–H and O–H groups in total. The average Bonchev–Trinajstić information content (AvgIpc) is 3.10. The number of aromatic nitrogens is 3. The Morgan fingerprint density at radius 1 is 0.968 bits per heavy atom. The third kappa shape index (κ3) is 3.36. The van der Waals surface area contributed by atoms with Gasteiger partial charge in [-0.15, -0.1) is 0 Å². The smallest absolute Gasteiger partial charge is 0.278 e. The second-order valence-corrected chi connectivity index (χ2v) is 7.42. The van der Waals surface area contributed by atoms with Crippen LogP contribution in [0, 0.1) is 5.82 Å². The van der Waals surface area contributed by atoms with Crippen LogP contribution in [0.25, 0.3) is 21.9 Å². The lowest BCUT2D eigenvalue weighted by atomic mass is 10.2. The zero-order chi connectivity index (χ0) is 21.4. The molecule has 5 rings (SSSR count). The van der Waals surface area contributed by atoms with E-state index < -0.39 is 0 Å². The van der Waals surface area contributed by atoms with E-state index in [0.717, 1.165) is 16.6 Å². The van der Waals surface area contributed by atoms with E-state index in [-0.39, 0.29) is 11.4 Å². The second-order valence-electron chi connectivity index (χ2n) is 7.42. The monoisotopic (exact) mass is 413 g/mol. The number of methoxy groups -OCH3 is 1. The zero-order valence-corrected chi connectivity index (χ0v) is 17.0. The van der Waals surface area contributed by atoms with Crippen LogP contribution >= 0.6 is 0 Å². The third-order valence-corrected chi connectivity index (χ3v) is 5.51. The highest BCUT2D eigenvalue weighted by Gasteiger charge is 2.18. The van der Waals surface area contributed by atoms with E-state index >= 15 is 0 Å². The van der Waals surface area contributed by atoms with Gasteiger partial charge in [-0.05, 0) is 29.8 Å². The van der Waals surface area contributed by atoms with E-state index in [4.69, 9.17) is 4.74 Å². The summed E-state index contributed by atoms with van der Waals surface area (Å²) in [5.41, 5.74) is 3.49. The standard InChI is InChI=1S/C25H20FN3O2/c1-31-22-10-6-5-9-18(22)15-28-16-27-23-20-13-19(26)11-12-21(20)29(24(23)25(28)30)14-17-7-3-2-4-8-17/h2-13,16H,14-15H2,1H3. The fourth-order valence-electron chi connectivity index (χ4n) is 4.03. The highest BCUT2D eigenvalue weighted by atomic mass is 19.1. The number of hydrogen-bond acceptors (Lipinski definition) is 3. The molecule has 0 aliphatic carbocycles. The first-order chi connectivity index (χ1) is 15.2. The molecule has 2 aromatic heterocycles. The van der Waals surface area contributed by atoms with Gasteiger partial charge in [0.15, 0.2) is 0 Å². The largest absolute Gasteiger partial charge is 0.496 e. The summed E-state index contributed by atoms with van der Waals surface area (Å²) in [7, 11) is 1.61. The fraction of sp³-hybridized carbons (Fsp3) is 0.120. The number of fused-ring (bicyclic) bond motifs is 3. The van der Waals surface area contributed by atoms with Crippen LogP contribution in [-0.4, -0.2) is 21.2 Å². The topological polar surface area (TPSA) is 49.0 Å². The first-order valence-electron chi connectivity index (χ1n) is 9.98. The molecule has 0 radical (unpaired) electrons. The van der Waals surface area contributed by atoms with Gasteiger partial charge in [-0.25, -0.2) is 9.37 Å². The van der Waals surface area contributed by atoms with Crippen LogP contribution in [0.4, 0.5) is 4.39 Å². The molecule has 3 aromatic carbocycles. The van der Waals surface area contributed by atoms with Crippen molar-refractivity contribution >= 4 is 21.9 Å². The average molecular weight is 413 g/mol. The first-order valence-corrected chi connectivity index (χ1v) is 9.98. The minimum Gasteiger partial charge on any atom is -0.496 e. The SMILES string of the molecule is COc1ccccc1Cn1cnc2c3cc(F)ccc3n(Cc3ccccc3)c2c1=O. The van der Waals surface area contributed by atoms with Crippen LogP contribution in [-0.2, 0) is 13.1 Å². The van der Waals surface area contributed by atoms with Crippen LogP contribution in [0.1, 0.15) is 11.1 Å². The van der Waals surface area contributed by atoms with Gasteiger partial charge in [-0.1, -0.05) is 48.5 Å². The quantitative estimate of drug-likeness (QED) is 0.423. The van der Waals surface area contributed by atoms with Crippen molar-refractivity contribution < 1.29 is 9.13 Å². The second kappa shape index (κ2) is 7.72. The summed E-state index contributed by atoms with van der Waals surface area (Å²) in [5, 5.41) is 0.632. The predicted molar refractivity (Wildman–Crippen MR) is 119 cm³/mol. The van der Waals surface area contributed by atoms with Gasteiger partial charge in [-0.2, -0.15) is 0 Å². The molecular weight excluding hydrogens is 393 g/mol. The van der Waals surface area contributed by atoms with Gasteiger partial charge in [0.05, 0.1) is 25.5 Å². The summed E-state index contributed by atoms with van der Waals surface area (Å²) >= 11 is 0. The Kier molecular flexibility index (Phi) is 4.75. The van der Waals surface area contributed by atoms with Gasteiger partial charge >= 0.3 is 0 Å². The van der Waals surface area contributed by atoms with Gasteiger partial charge in [0, 0.05) is 17.5 Å². The molecule has 0 atom stereocenters. The van der Waals surface area contributed by atoms with E-state index in [1.54, 1.807) is 17.7 Å². The Morgan fingerprint density at radius 2 is 1.74 bits per heavy atom.